The number of nitrogens with one attached hydrogen (secondary N) is 2. The summed E-state index contributed by atoms with van der Waals surface area (Å²) in [5.74, 6) is -0.903. The molecular weight excluding hydrogens is 1320 g/mol. The van der Waals surface area contributed by atoms with Crippen LogP contribution in [0.1, 0.15) is 152 Å². The van der Waals surface area contributed by atoms with E-state index in [2.05, 4.69) is 35.5 Å². The maximum atomic E-state index is 13.4. The standard InChI is InChI=1S/C27H25Cl2N3O3.C25H22Cl2N2O2.C20H19Cl2N3O3/c1-4-25(33)32(16-22-7-5-6-10-30-22)26(34)23-9-8-18(11-17(23)2)24-15-27(3,35-31-24)19-12-20(28)14-21(29)13-19;1-16-11-17(6-8-22(16)24(30)9-7-21-5-3-4-10-28-21)23-15-25(2,31-29-23)18-12-19(26)14-20(27)13-18;1-11-6-12(4-5-16(11)18(26)24-19(23)27-3)17-10-20(2,28-25-17)13-7-14(21)9-15(22)8-13/h5-14H,4,15-16H2,1-3H3;3-6,8,10-14H,7,9,15H2,1-2H3;4-9H,10H2,1-3H3,(H2,23,24,26). The lowest BCUT2D eigenvalue weighted by atomic mass is 9.88. The van der Waals surface area contributed by atoms with E-state index in [9.17, 15) is 19.2 Å². The molecule has 3 aliphatic heterocycles. The summed E-state index contributed by atoms with van der Waals surface area (Å²) in [4.78, 5) is 78.0. The first-order chi connectivity index (χ1) is 44.7. The largest absolute Gasteiger partial charge is 0.468 e. The maximum absolute atomic E-state index is 13.4. The lowest BCUT2D eigenvalue weighted by Gasteiger charge is -2.22. The summed E-state index contributed by atoms with van der Waals surface area (Å²) in [6, 6.07) is 43.5. The van der Waals surface area contributed by atoms with Gasteiger partial charge in [-0.3, -0.25) is 44.8 Å². The Kier molecular flexibility index (Phi) is 22.5. The normalized spacial score (nSPS) is 17.7. The molecule has 22 heteroatoms. The van der Waals surface area contributed by atoms with Crippen LogP contribution < -0.4 is 5.32 Å². The van der Waals surface area contributed by atoms with Crippen molar-refractivity contribution in [3.05, 3.63) is 266 Å². The molecule has 3 aliphatic rings. The fourth-order valence-corrected chi connectivity index (χ4v) is 12.4. The van der Waals surface area contributed by atoms with Crippen molar-refractivity contribution < 1.29 is 38.4 Å². The van der Waals surface area contributed by atoms with Gasteiger partial charge in [-0.25, -0.2) is 0 Å². The predicted octanol–water partition coefficient (Wildman–Crippen LogP) is 17.5. The van der Waals surface area contributed by atoms with Crippen LogP contribution in [0.5, 0.6) is 0 Å². The number of hydrogen-bond acceptors (Lipinski definition) is 14. The molecule has 16 nitrogen and oxygen atoms in total. The number of ketones is 1. The Hall–Kier alpha value is -8.48. The average Bonchev–Trinajstić information content (AvgIpc) is 1.70. The fraction of sp³-hybridized carbons (Fsp3) is 0.250. The van der Waals surface area contributed by atoms with Gasteiger partial charge in [-0.1, -0.05) is 128 Å². The molecule has 484 valence electrons. The summed E-state index contributed by atoms with van der Waals surface area (Å²) in [6.07, 6.45) is 6.28. The molecule has 0 fully saturated rings. The smallest absolute Gasteiger partial charge is 0.288 e. The first-order valence-corrected chi connectivity index (χ1v) is 32.1. The third-order valence-corrected chi connectivity index (χ3v) is 17.4. The predicted molar refractivity (Wildman–Crippen MR) is 370 cm³/mol. The molecule has 0 radical (unpaired) electrons. The van der Waals surface area contributed by atoms with Gasteiger partial charge in [0, 0.05) is 114 Å². The molecule has 11 rings (SSSR count). The lowest BCUT2D eigenvalue weighted by Crippen LogP contribution is -2.36. The molecule has 0 saturated heterocycles. The highest BCUT2D eigenvalue weighted by Crippen LogP contribution is 2.42. The molecule has 94 heavy (non-hydrogen) atoms. The zero-order valence-electron chi connectivity index (χ0n) is 52.7. The molecule has 2 aromatic heterocycles. The van der Waals surface area contributed by atoms with E-state index in [1.54, 1.807) is 67.8 Å². The van der Waals surface area contributed by atoms with Gasteiger partial charge in [0.2, 0.25) is 5.91 Å². The molecule has 2 N–H and O–H groups in total. The maximum Gasteiger partial charge on any atom is 0.288 e. The Labute approximate surface area is 575 Å². The molecule has 8 aromatic rings. The summed E-state index contributed by atoms with van der Waals surface area (Å²) < 4.78 is 4.67. The number of methoxy groups -OCH3 is 1. The van der Waals surface area contributed by atoms with E-state index in [0.717, 1.165) is 78.5 Å². The molecule has 3 amide bonds. The van der Waals surface area contributed by atoms with Crippen LogP contribution in [0.15, 0.2) is 173 Å². The number of amidine groups is 1. The quantitative estimate of drug-likeness (QED) is 0.0564. The number of amides is 3. The molecule has 0 bridgehead atoms. The number of oxime groups is 3. The number of Topliss-reactive ketones (excluding diaryl/α,β-unsaturated/α-hetero) is 1. The molecule has 5 heterocycles. The summed E-state index contributed by atoms with van der Waals surface area (Å²) in [5, 5.41) is 25.9. The Balaban J connectivity index is 0.000000167. The van der Waals surface area contributed by atoms with E-state index in [-0.39, 0.29) is 36.6 Å². The van der Waals surface area contributed by atoms with Gasteiger partial charge in [0.05, 0.1) is 36.5 Å². The van der Waals surface area contributed by atoms with E-state index in [4.69, 9.17) is 89.5 Å². The lowest BCUT2D eigenvalue weighted by molar-refractivity contribution is -0.128. The molecule has 0 saturated carbocycles. The van der Waals surface area contributed by atoms with Gasteiger partial charge >= 0.3 is 0 Å². The summed E-state index contributed by atoms with van der Waals surface area (Å²) in [6.45, 7) is 13.3. The Bertz CT molecular complexity index is 4260. The summed E-state index contributed by atoms with van der Waals surface area (Å²) >= 11 is 36.9. The van der Waals surface area contributed by atoms with Gasteiger partial charge in [-0.2, -0.15) is 0 Å². The van der Waals surface area contributed by atoms with Crippen LogP contribution in [-0.4, -0.2) is 68.6 Å². The highest BCUT2D eigenvalue weighted by Gasteiger charge is 2.40. The van der Waals surface area contributed by atoms with Crippen molar-refractivity contribution >= 4 is 116 Å². The van der Waals surface area contributed by atoms with Crippen molar-refractivity contribution in [2.24, 2.45) is 15.5 Å². The highest BCUT2D eigenvalue weighted by atomic mass is 35.5. The molecule has 0 aliphatic carbocycles. The molecule has 3 unspecified atom stereocenters. The van der Waals surface area contributed by atoms with Gasteiger partial charge in [0.15, 0.2) is 22.6 Å². The van der Waals surface area contributed by atoms with Gasteiger partial charge in [0.25, 0.3) is 17.8 Å². The molecule has 3 atom stereocenters. The minimum absolute atomic E-state index is 0.109. The minimum atomic E-state index is -0.709. The van der Waals surface area contributed by atoms with E-state index >= 15 is 0 Å². The monoisotopic (exact) mass is 1380 g/mol. The van der Waals surface area contributed by atoms with Crippen LogP contribution >= 0.6 is 69.6 Å². The topological polar surface area (TPSA) is 207 Å². The van der Waals surface area contributed by atoms with E-state index in [1.807, 2.05) is 139 Å². The molecule has 6 aromatic carbocycles. The number of ether oxygens (including phenoxy) is 1. The number of carbonyl (C=O) groups excluding carboxylic acids is 4. The number of aromatic nitrogens is 2. The van der Waals surface area contributed by atoms with Crippen LogP contribution in [0, 0.1) is 26.2 Å². The number of halogens is 6. The number of rotatable bonds is 15. The number of hydrogen-bond donors (Lipinski definition) is 2. The van der Waals surface area contributed by atoms with Crippen molar-refractivity contribution in [2.75, 3.05) is 7.11 Å². The van der Waals surface area contributed by atoms with Crippen LogP contribution in [0.2, 0.25) is 30.1 Å². The van der Waals surface area contributed by atoms with Crippen molar-refractivity contribution in [3.63, 3.8) is 0 Å². The number of imide groups is 1. The number of carbonyl (C=O) groups is 4. The second kappa shape index (κ2) is 30.3. The Morgan fingerprint density at radius 2 is 0.915 bits per heavy atom. The number of aryl methyl sites for hydroxylation is 4. The number of benzene rings is 6. The first kappa shape index (κ1) is 69.9. The minimum Gasteiger partial charge on any atom is -0.468 e. The van der Waals surface area contributed by atoms with Gasteiger partial charge in [-0.15, -0.1) is 0 Å². The van der Waals surface area contributed by atoms with E-state index in [0.29, 0.717) is 79.1 Å². The average molecular weight is 1380 g/mol. The third-order valence-electron chi connectivity index (χ3n) is 16.1. The van der Waals surface area contributed by atoms with Crippen molar-refractivity contribution in [3.8, 4) is 0 Å². The van der Waals surface area contributed by atoms with Crippen LogP contribution in [0.25, 0.3) is 0 Å². The summed E-state index contributed by atoms with van der Waals surface area (Å²) in [5.41, 5.74) is 11.1. The van der Waals surface area contributed by atoms with Crippen LogP contribution in [0.4, 0.5) is 0 Å². The van der Waals surface area contributed by atoms with Crippen LogP contribution in [0.3, 0.4) is 0 Å². The van der Waals surface area contributed by atoms with Gasteiger partial charge < -0.3 is 19.2 Å². The molecular formula is C72H66Cl6N8O8. The van der Waals surface area contributed by atoms with Crippen molar-refractivity contribution in [1.29, 1.82) is 5.41 Å². The zero-order chi connectivity index (χ0) is 67.6. The third kappa shape index (κ3) is 17.1. The van der Waals surface area contributed by atoms with E-state index < -0.39 is 22.7 Å². The van der Waals surface area contributed by atoms with Crippen molar-refractivity contribution in [1.82, 2.24) is 20.2 Å². The molecule has 0 spiro atoms. The number of nitrogens with zero attached hydrogens (tertiary/aromatic N) is 6. The second-order valence-corrected chi connectivity index (χ2v) is 26.0. The summed E-state index contributed by atoms with van der Waals surface area (Å²) in [7, 11) is 1.32. The van der Waals surface area contributed by atoms with Gasteiger partial charge in [0.1, 0.15) is 0 Å². The zero-order valence-corrected chi connectivity index (χ0v) is 57.2. The second-order valence-electron chi connectivity index (χ2n) is 23.4. The number of pyridine rings is 2. The first-order valence-electron chi connectivity index (χ1n) is 29.9. The van der Waals surface area contributed by atoms with Crippen molar-refractivity contribution in [2.45, 2.75) is 110 Å². The Morgan fingerprint density at radius 3 is 1.28 bits per heavy atom. The fourth-order valence-electron chi connectivity index (χ4n) is 10.9. The highest BCUT2D eigenvalue weighted by molar-refractivity contribution is 6.36. The SMILES string of the molecule is CCC(=O)N(Cc1ccccn1)C(=O)c1ccc(C2=NOC(C)(c3cc(Cl)cc(Cl)c3)C2)cc1C.COC(=N)NC(=O)c1ccc(C2=NOC(C)(c3cc(Cl)cc(Cl)c3)C2)cc1C.Cc1cc(C2=NOC(C)(c3cc(Cl)cc(Cl)c3)C2)ccc1C(=O)CCc1ccccn1. The Morgan fingerprint density at radius 1 is 0.532 bits per heavy atom. The van der Waals surface area contributed by atoms with E-state index in [1.165, 1.54) is 12.0 Å². The van der Waals surface area contributed by atoms with Gasteiger partial charge in [-0.05, 0) is 191 Å². The van der Waals surface area contributed by atoms with Crippen LogP contribution in [-0.2, 0) is 53.8 Å².